The summed E-state index contributed by atoms with van der Waals surface area (Å²) in [7, 11) is -3.65. The molecule has 0 aliphatic rings. The fraction of sp³-hybridized carbons (Fsp3) is 0.267. The average Bonchev–Trinajstić information content (AvgIpc) is 3.03. The number of nitrogens with zero attached hydrogens (tertiary/aromatic N) is 1. The van der Waals surface area contributed by atoms with Gasteiger partial charge in [-0.25, -0.2) is 18.5 Å². The number of aliphatic imine (C=N–C) groups is 1. The Labute approximate surface area is 140 Å². The first-order chi connectivity index (χ1) is 11.0. The molecule has 0 saturated carbocycles. The van der Waals surface area contributed by atoms with Crippen molar-refractivity contribution in [3.63, 3.8) is 0 Å². The summed E-state index contributed by atoms with van der Waals surface area (Å²) in [6, 6.07) is 10.5. The van der Waals surface area contributed by atoms with E-state index in [9.17, 15) is 8.42 Å². The van der Waals surface area contributed by atoms with E-state index in [1.807, 2.05) is 18.4 Å². The van der Waals surface area contributed by atoms with Crippen molar-refractivity contribution in [3.05, 3.63) is 52.2 Å². The van der Waals surface area contributed by atoms with E-state index in [1.165, 1.54) is 17.0 Å². The molecule has 0 aliphatic carbocycles. The molecule has 124 valence electrons. The molecule has 0 bridgehead atoms. The highest BCUT2D eigenvalue weighted by atomic mass is 32.2. The van der Waals surface area contributed by atoms with Crippen LogP contribution >= 0.6 is 11.3 Å². The van der Waals surface area contributed by atoms with Crippen LogP contribution in [0, 0.1) is 0 Å². The van der Waals surface area contributed by atoms with Gasteiger partial charge in [-0.15, -0.1) is 11.3 Å². The first-order valence-electron chi connectivity index (χ1n) is 7.15. The van der Waals surface area contributed by atoms with Crippen molar-refractivity contribution in [3.8, 4) is 0 Å². The van der Waals surface area contributed by atoms with Crippen molar-refractivity contribution in [2.45, 2.75) is 24.9 Å². The Balaban J connectivity index is 1.99. The predicted octanol–water partition coefficient (Wildman–Crippen LogP) is 1.65. The Kier molecular flexibility index (Phi) is 6.14. The molecule has 0 unspecified atom stereocenters. The van der Waals surface area contributed by atoms with E-state index in [2.05, 4.69) is 21.7 Å². The maximum Gasteiger partial charge on any atom is 0.238 e. The second-order valence-electron chi connectivity index (χ2n) is 4.82. The van der Waals surface area contributed by atoms with Crippen molar-refractivity contribution in [2.75, 3.05) is 6.54 Å². The molecule has 0 atom stereocenters. The van der Waals surface area contributed by atoms with Gasteiger partial charge < -0.3 is 10.6 Å². The normalized spacial score (nSPS) is 12.2. The predicted molar refractivity (Wildman–Crippen MR) is 93.8 cm³/mol. The Morgan fingerprint density at radius 1 is 1.22 bits per heavy atom. The average molecular weight is 352 g/mol. The summed E-state index contributed by atoms with van der Waals surface area (Å²) in [5, 5.41) is 13.6. The molecule has 0 spiro atoms. The lowest BCUT2D eigenvalue weighted by Crippen LogP contribution is -2.36. The minimum Gasteiger partial charge on any atom is -0.357 e. The van der Waals surface area contributed by atoms with Gasteiger partial charge in [-0.05, 0) is 36.1 Å². The quantitative estimate of drug-likeness (QED) is 0.544. The fourth-order valence-electron chi connectivity index (χ4n) is 1.88. The third-order valence-corrected chi connectivity index (χ3v) is 4.83. The van der Waals surface area contributed by atoms with Crippen LogP contribution < -0.4 is 15.8 Å². The van der Waals surface area contributed by atoms with E-state index < -0.39 is 10.0 Å². The molecule has 0 aliphatic heterocycles. The van der Waals surface area contributed by atoms with E-state index >= 15 is 0 Å². The smallest absolute Gasteiger partial charge is 0.238 e. The van der Waals surface area contributed by atoms with Crippen LogP contribution in [-0.4, -0.2) is 20.9 Å². The molecule has 1 aromatic carbocycles. The molecule has 0 saturated heterocycles. The summed E-state index contributed by atoms with van der Waals surface area (Å²) >= 11 is 1.69. The second-order valence-corrected chi connectivity index (χ2v) is 7.41. The Morgan fingerprint density at radius 3 is 2.52 bits per heavy atom. The molecule has 8 heteroatoms. The van der Waals surface area contributed by atoms with E-state index in [0.717, 1.165) is 18.1 Å². The van der Waals surface area contributed by atoms with Crippen LogP contribution in [0.25, 0.3) is 0 Å². The molecule has 1 heterocycles. The monoisotopic (exact) mass is 352 g/mol. The first-order valence-corrected chi connectivity index (χ1v) is 9.58. The number of sulfonamides is 1. The van der Waals surface area contributed by atoms with Gasteiger partial charge in [0, 0.05) is 11.4 Å². The van der Waals surface area contributed by atoms with Gasteiger partial charge in [0.15, 0.2) is 5.96 Å². The van der Waals surface area contributed by atoms with Crippen LogP contribution in [0.15, 0.2) is 51.7 Å². The van der Waals surface area contributed by atoms with Gasteiger partial charge in [0.25, 0.3) is 0 Å². The largest absolute Gasteiger partial charge is 0.357 e. The van der Waals surface area contributed by atoms with E-state index in [0.29, 0.717) is 13.1 Å². The summed E-state index contributed by atoms with van der Waals surface area (Å²) in [5.74, 6) is 0.719. The van der Waals surface area contributed by atoms with Gasteiger partial charge in [0.05, 0.1) is 18.0 Å². The number of nitrogens with one attached hydrogen (secondary N) is 2. The highest BCUT2D eigenvalue weighted by Gasteiger charge is 2.06. The highest BCUT2D eigenvalue weighted by molar-refractivity contribution is 7.89. The molecule has 1 aromatic heterocycles. The third-order valence-electron chi connectivity index (χ3n) is 3.03. The van der Waals surface area contributed by atoms with Crippen LogP contribution in [0.3, 0.4) is 0 Å². The zero-order valence-corrected chi connectivity index (χ0v) is 14.5. The second kappa shape index (κ2) is 8.09. The molecule has 0 amide bonds. The van der Waals surface area contributed by atoms with Gasteiger partial charge in [-0.1, -0.05) is 18.2 Å². The number of thiophene rings is 1. The van der Waals surface area contributed by atoms with Crippen molar-refractivity contribution in [1.82, 2.24) is 10.6 Å². The molecular formula is C15H20N4O2S2. The number of hydrogen-bond donors (Lipinski definition) is 3. The topological polar surface area (TPSA) is 96.6 Å². The molecule has 23 heavy (non-hydrogen) atoms. The Hall–Kier alpha value is -1.90. The molecule has 2 aromatic rings. The van der Waals surface area contributed by atoms with Crippen molar-refractivity contribution < 1.29 is 8.42 Å². The molecule has 0 fully saturated rings. The number of hydrogen-bond acceptors (Lipinski definition) is 4. The molecule has 0 radical (unpaired) electrons. The van der Waals surface area contributed by atoms with Gasteiger partial charge in [-0.2, -0.15) is 0 Å². The van der Waals surface area contributed by atoms with Crippen LogP contribution in [0.2, 0.25) is 0 Å². The number of rotatable bonds is 6. The Morgan fingerprint density at radius 2 is 1.96 bits per heavy atom. The molecule has 2 rings (SSSR count). The van der Waals surface area contributed by atoms with Gasteiger partial charge in [-0.3, -0.25) is 0 Å². The summed E-state index contributed by atoms with van der Waals surface area (Å²) < 4.78 is 22.4. The number of benzene rings is 1. The van der Waals surface area contributed by atoms with Crippen LogP contribution in [0.5, 0.6) is 0 Å². The first kappa shape index (κ1) is 17.5. The van der Waals surface area contributed by atoms with E-state index in [-0.39, 0.29) is 4.90 Å². The minimum atomic E-state index is -3.65. The van der Waals surface area contributed by atoms with E-state index in [1.54, 1.807) is 23.5 Å². The number of nitrogens with two attached hydrogens (primary N) is 1. The highest BCUT2D eigenvalue weighted by Crippen LogP contribution is 2.10. The van der Waals surface area contributed by atoms with Crippen molar-refractivity contribution in [2.24, 2.45) is 10.1 Å². The maximum absolute atomic E-state index is 11.2. The Bertz CT molecular complexity index is 738. The number of primary sulfonamides is 1. The lowest BCUT2D eigenvalue weighted by molar-refractivity contribution is 0.598. The lowest BCUT2D eigenvalue weighted by Gasteiger charge is -2.10. The van der Waals surface area contributed by atoms with Gasteiger partial charge in [0.1, 0.15) is 0 Å². The number of guanidine groups is 1. The van der Waals surface area contributed by atoms with Gasteiger partial charge in [0.2, 0.25) is 10.0 Å². The standard InChI is InChI=1S/C15H20N4O2S2/c1-2-17-15(19-11-13-4-3-9-22-13)18-10-12-5-7-14(8-6-12)23(16,20)21/h3-9H,2,10-11H2,1H3,(H2,16,20,21)(H2,17,18,19). The molecular weight excluding hydrogens is 332 g/mol. The van der Waals surface area contributed by atoms with Crippen LogP contribution in [0.1, 0.15) is 17.4 Å². The van der Waals surface area contributed by atoms with Crippen LogP contribution in [0.4, 0.5) is 0 Å². The zero-order valence-electron chi connectivity index (χ0n) is 12.8. The van der Waals surface area contributed by atoms with Crippen molar-refractivity contribution >= 4 is 27.3 Å². The minimum absolute atomic E-state index is 0.105. The molecule has 4 N–H and O–H groups in total. The lowest BCUT2D eigenvalue weighted by atomic mass is 10.2. The third kappa shape index (κ3) is 5.66. The fourth-order valence-corrected chi connectivity index (χ4v) is 3.04. The molecule has 6 nitrogen and oxygen atoms in total. The summed E-state index contributed by atoms with van der Waals surface area (Å²) in [6.07, 6.45) is 0. The summed E-state index contributed by atoms with van der Waals surface area (Å²) in [5.41, 5.74) is 0.908. The summed E-state index contributed by atoms with van der Waals surface area (Å²) in [4.78, 5) is 5.83. The van der Waals surface area contributed by atoms with Gasteiger partial charge >= 0.3 is 0 Å². The van der Waals surface area contributed by atoms with Crippen LogP contribution in [-0.2, 0) is 23.1 Å². The SMILES string of the molecule is CCNC(=NCc1ccc(S(N)(=O)=O)cc1)NCc1cccs1. The maximum atomic E-state index is 11.2. The zero-order chi connectivity index (χ0) is 16.7. The van der Waals surface area contributed by atoms with E-state index in [4.69, 9.17) is 5.14 Å². The summed E-state index contributed by atoms with van der Waals surface area (Å²) in [6.45, 7) is 3.93. The van der Waals surface area contributed by atoms with Crippen molar-refractivity contribution in [1.29, 1.82) is 0 Å².